The number of ketones is 1. The largest absolute Gasteiger partial charge is 0.497 e. The standard InChI is InChI=1S/C23H29NO2/c1-5-19(13-12-18(3)25)23(20-10-8-7-9-11-20)24(6-2)21-14-16-22(26-4)17-15-21/h7-11,14-17H,5-6,12-13H2,1-4H3/b23-19+. The number of allylic oxidation sites excluding steroid dienone is 1. The van der Waals surface area contributed by atoms with Crippen molar-refractivity contribution >= 4 is 17.2 Å². The van der Waals surface area contributed by atoms with Crippen molar-refractivity contribution < 1.29 is 9.53 Å². The van der Waals surface area contributed by atoms with Crippen molar-refractivity contribution in [2.24, 2.45) is 0 Å². The molecule has 0 unspecified atom stereocenters. The predicted molar refractivity (Wildman–Crippen MR) is 110 cm³/mol. The second kappa shape index (κ2) is 9.81. The topological polar surface area (TPSA) is 29.5 Å². The molecule has 0 atom stereocenters. The van der Waals surface area contributed by atoms with Gasteiger partial charge >= 0.3 is 0 Å². The van der Waals surface area contributed by atoms with Gasteiger partial charge in [0.25, 0.3) is 0 Å². The minimum absolute atomic E-state index is 0.232. The fraction of sp³-hybridized carbons (Fsp3) is 0.348. The summed E-state index contributed by atoms with van der Waals surface area (Å²) in [6, 6.07) is 18.6. The Bertz CT molecular complexity index is 733. The molecule has 2 aromatic rings. The van der Waals surface area contributed by atoms with Crippen LogP contribution in [0.1, 0.15) is 45.6 Å². The van der Waals surface area contributed by atoms with Crippen LogP contribution in [0.15, 0.2) is 60.2 Å². The molecule has 0 amide bonds. The van der Waals surface area contributed by atoms with E-state index < -0.39 is 0 Å². The van der Waals surface area contributed by atoms with Crippen molar-refractivity contribution in [1.82, 2.24) is 0 Å². The van der Waals surface area contributed by atoms with E-state index in [4.69, 9.17) is 4.74 Å². The van der Waals surface area contributed by atoms with E-state index in [-0.39, 0.29) is 5.78 Å². The molecule has 0 aliphatic rings. The second-order valence-electron chi connectivity index (χ2n) is 6.32. The first-order valence-corrected chi connectivity index (χ1v) is 9.29. The molecule has 0 radical (unpaired) electrons. The van der Waals surface area contributed by atoms with Crippen LogP contribution in [0.2, 0.25) is 0 Å². The first kappa shape index (κ1) is 19.8. The van der Waals surface area contributed by atoms with Gasteiger partial charge in [-0.1, -0.05) is 37.3 Å². The Labute approximate surface area is 157 Å². The molecule has 0 saturated carbocycles. The molecule has 0 aliphatic heterocycles. The van der Waals surface area contributed by atoms with Crippen molar-refractivity contribution in [3.63, 3.8) is 0 Å². The van der Waals surface area contributed by atoms with Crippen LogP contribution < -0.4 is 9.64 Å². The third-order valence-electron chi connectivity index (χ3n) is 4.56. The summed E-state index contributed by atoms with van der Waals surface area (Å²) in [6.45, 7) is 6.84. The molecule has 3 nitrogen and oxygen atoms in total. The van der Waals surface area contributed by atoms with Gasteiger partial charge in [0.2, 0.25) is 0 Å². The van der Waals surface area contributed by atoms with Gasteiger partial charge in [0.15, 0.2) is 0 Å². The van der Waals surface area contributed by atoms with Gasteiger partial charge in [-0.15, -0.1) is 0 Å². The van der Waals surface area contributed by atoms with Crippen molar-refractivity contribution in [2.45, 2.75) is 40.0 Å². The van der Waals surface area contributed by atoms with Crippen molar-refractivity contribution in [3.8, 4) is 5.75 Å². The Morgan fingerprint density at radius 1 is 0.962 bits per heavy atom. The highest BCUT2D eigenvalue weighted by Crippen LogP contribution is 2.32. The highest BCUT2D eigenvalue weighted by Gasteiger charge is 2.17. The summed E-state index contributed by atoms with van der Waals surface area (Å²) in [5.41, 5.74) is 4.83. The minimum Gasteiger partial charge on any atom is -0.497 e. The fourth-order valence-electron chi connectivity index (χ4n) is 3.17. The van der Waals surface area contributed by atoms with Crippen LogP contribution in [0, 0.1) is 0 Å². The molecule has 0 spiro atoms. The van der Waals surface area contributed by atoms with Crippen molar-refractivity contribution in [1.29, 1.82) is 0 Å². The molecule has 26 heavy (non-hydrogen) atoms. The summed E-state index contributed by atoms with van der Waals surface area (Å²) < 4.78 is 5.29. The van der Waals surface area contributed by atoms with Crippen LogP contribution in [0.4, 0.5) is 5.69 Å². The molecule has 3 heteroatoms. The Kier molecular flexibility index (Phi) is 7.46. The maximum atomic E-state index is 11.6. The number of carbonyl (C=O) groups is 1. The molecule has 0 saturated heterocycles. The Balaban J connectivity index is 2.54. The fourth-order valence-corrected chi connectivity index (χ4v) is 3.17. The lowest BCUT2D eigenvalue weighted by molar-refractivity contribution is -0.116. The van der Waals surface area contributed by atoms with Gasteiger partial charge in [0.05, 0.1) is 7.11 Å². The molecule has 2 rings (SSSR count). The predicted octanol–water partition coefficient (Wildman–Crippen LogP) is 5.71. The summed E-state index contributed by atoms with van der Waals surface area (Å²) in [4.78, 5) is 13.9. The molecule has 0 fully saturated rings. The smallest absolute Gasteiger partial charge is 0.130 e. The summed E-state index contributed by atoms with van der Waals surface area (Å²) in [5, 5.41) is 0. The SMILES string of the molecule is CC/C(CCC(C)=O)=C(/c1ccccc1)N(CC)c1ccc(OC)cc1. The number of Topliss-reactive ketones (excluding diaryl/α,β-unsaturated/α-hetero) is 1. The lowest BCUT2D eigenvalue weighted by Gasteiger charge is -2.29. The first-order chi connectivity index (χ1) is 12.6. The van der Waals surface area contributed by atoms with Gasteiger partial charge in [-0.25, -0.2) is 0 Å². The van der Waals surface area contributed by atoms with E-state index in [0.717, 1.165) is 30.8 Å². The van der Waals surface area contributed by atoms with E-state index in [9.17, 15) is 4.79 Å². The van der Waals surface area contributed by atoms with Gasteiger partial charge in [0.1, 0.15) is 11.5 Å². The maximum absolute atomic E-state index is 11.6. The monoisotopic (exact) mass is 351 g/mol. The van der Waals surface area contributed by atoms with E-state index in [1.54, 1.807) is 14.0 Å². The number of hydrogen-bond acceptors (Lipinski definition) is 3. The summed E-state index contributed by atoms with van der Waals surface area (Å²) in [6.07, 6.45) is 2.30. The van der Waals surface area contributed by atoms with Crippen molar-refractivity contribution in [2.75, 3.05) is 18.6 Å². The van der Waals surface area contributed by atoms with E-state index in [0.29, 0.717) is 6.42 Å². The number of anilines is 1. The molecule has 0 N–H and O–H groups in total. The van der Waals surface area contributed by atoms with Crippen molar-refractivity contribution in [3.05, 3.63) is 65.7 Å². The molecule has 138 valence electrons. The minimum atomic E-state index is 0.232. The third-order valence-corrected chi connectivity index (χ3v) is 4.56. The van der Waals surface area contributed by atoms with Crippen LogP contribution in [0.3, 0.4) is 0 Å². The molecular weight excluding hydrogens is 322 g/mol. The van der Waals surface area contributed by atoms with Crippen LogP contribution in [-0.4, -0.2) is 19.4 Å². The van der Waals surface area contributed by atoms with Gasteiger partial charge in [0, 0.05) is 24.4 Å². The average molecular weight is 351 g/mol. The van der Waals surface area contributed by atoms with E-state index >= 15 is 0 Å². The average Bonchev–Trinajstić information content (AvgIpc) is 2.68. The Morgan fingerprint density at radius 3 is 2.12 bits per heavy atom. The zero-order valence-corrected chi connectivity index (χ0v) is 16.3. The molecule has 0 bridgehead atoms. The quantitative estimate of drug-likeness (QED) is 0.579. The maximum Gasteiger partial charge on any atom is 0.130 e. The van der Waals surface area contributed by atoms with E-state index in [1.165, 1.54) is 16.8 Å². The zero-order valence-electron chi connectivity index (χ0n) is 16.3. The summed E-state index contributed by atoms with van der Waals surface area (Å²) in [7, 11) is 1.68. The number of nitrogens with zero attached hydrogens (tertiary/aromatic N) is 1. The molecular formula is C23H29NO2. The number of ether oxygens (including phenoxy) is 1. The summed E-state index contributed by atoms with van der Waals surface area (Å²) >= 11 is 0. The number of hydrogen-bond donors (Lipinski definition) is 0. The van der Waals surface area contributed by atoms with Crippen LogP contribution in [0.25, 0.3) is 5.70 Å². The van der Waals surface area contributed by atoms with Gasteiger partial charge in [-0.05, 0) is 62.1 Å². The zero-order chi connectivity index (χ0) is 18.9. The number of benzene rings is 2. The number of rotatable bonds is 9. The second-order valence-corrected chi connectivity index (χ2v) is 6.32. The first-order valence-electron chi connectivity index (χ1n) is 9.29. The molecule has 0 aliphatic carbocycles. The van der Waals surface area contributed by atoms with Gasteiger partial charge < -0.3 is 14.4 Å². The normalized spacial score (nSPS) is 11.7. The molecule has 2 aromatic carbocycles. The third kappa shape index (κ3) is 4.98. The van der Waals surface area contributed by atoms with Gasteiger partial charge in [-0.2, -0.15) is 0 Å². The Morgan fingerprint density at radius 2 is 1.62 bits per heavy atom. The lowest BCUT2D eigenvalue weighted by atomic mass is 9.97. The number of methoxy groups -OCH3 is 1. The Hall–Kier alpha value is -2.55. The highest BCUT2D eigenvalue weighted by atomic mass is 16.5. The van der Waals surface area contributed by atoms with E-state index in [2.05, 4.69) is 55.1 Å². The molecule has 0 aromatic heterocycles. The van der Waals surface area contributed by atoms with Crippen LogP contribution >= 0.6 is 0 Å². The summed E-state index contributed by atoms with van der Waals surface area (Å²) in [5.74, 6) is 1.08. The number of carbonyl (C=O) groups excluding carboxylic acids is 1. The van der Waals surface area contributed by atoms with E-state index in [1.807, 2.05) is 18.2 Å². The van der Waals surface area contributed by atoms with Gasteiger partial charge in [-0.3, -0.25) is 0 Å². The van der Waals surface area contributed by atoms with Crippen LogP contribution in [0.5, 0.6) is 5.75 Å². The van der Waals surface area contributed by atoms with Crippen LogP contribution in [-0.2, 0) is 4.79 Å². The molecule has 0 heterocycles. The highest BCUT2D eigenvalue weighted by molar-refractivity contribution is 5.82. The lowest BCUT2D eigenvalue weighted by Crippen LogP contribution is -2.22.